The van der Waals surface area contributed by atoms with Gasteiger partial charge in [-0.3, -0.25) is 23.7 Å². The molecular weight excluding hydrogens is 1010 g/mol. The lowest BCUT2D eigenvalue weighted by Crippen LogP contribution is -2.47. The van der Waals surface area contributed by atoms with E-state index in [1.54, 1.807) is 23.1 Å². The number of nitrogens with one attached hydrogen (secondary N) is 2. The molecule has 1 unspecified atom stereocenters. The fraction of sp³-hybridized carbons (Fsp3) is 0.510. The molecule has 0 aliphatic carbocycles. The van der Waals surface area contributed by atoms with E-state index < -0.39 is 75.1 Å². The molecule has 1 heterocycles. The van der Waals surface area contributed by atoms with Crippen LogP contribution in [0, 0.1) is 35.1 Å². The van der Waals surface area contributed by atoms with Crippen LogP contribution in [-0.4, -0.2) is 174 Å². The smallest absolute Gasteiger partial charge is 0.313 e. The van der Waals surface area contributed by atoms with Crippen molar-refractivity contribution in [2.75, 3.05) is 137 Å². The van der Waals surface area contributed by atoms with Gasteiger partial charge in [0.1, 0.15) is 0 Å². The summed E-state index contributed by atoms with van der Waals surface area (Å²) in [6, 6.07) is 14.6. The van der Waals surface area contributed by atoms with Crippen LogP contribution >= 0.6 is 0 Å². The molecule has 0 spiro atoms. The van der Waals surface area contributed by atoms with E-state index in [1.165, 1.54) is 0 Å². The summed E-state index contributed by atoms with van der Waals surface area (Å²) in [6.07, 6.45) is -0.753. The normalized spacial score (nSPS) is 12.4. The Hall–Kier alpha value is -5.63. The molecule has 408 valence electrons. The van der Waals surface area contributed by atoms with Gasteiger partial charge in [0.2, 0.25) is 35.1 Å². The SMILES string of the molecule is O=C(CCOCCOCCOCCOCCOCCOCCOCCOCCOCCC(=O)Oc1c(F)c(F)cc(F)c1F)NCC(C(=O)NCCC(=O)N1Cc2ccccc2C#Cc2ccccc21)S(=O)(=O)O. The summed E-state index contributed by atoms with van der Waals surface area (Å²) >= 11 is 0. The fourth-order valence-electron chi connectivity index (χ4n) is 6.36. The Morgan fingerprint density at radius 1 is 0.581 bits per heavy atom. The predicted octanol–water partition coefficient (Wildman–Crippen LogP) is 2.90. The average molecular weight is 1070 g/mol. The highest BCUT2D eigenvalue weighted by Gasteiger charge is 2.32. The average Bonchev–Trinajstić information content (AvgIpc) is 3.36. The second-order valence-corrected chi connectivity index (χ2v) is 17.1. The van der Waals surface area contributed by atoms with Crippen LogP contribution in [0.5, 0.6) is 5.75 Å². The highest BCUT2D eigenvalue weighted by Crippen LogP contribution is 2.27. The molecule has 25 heteroatoms. The zero-order valence-electron chi connectivity index (χ0n) is 40.6. The molecule has 1 atom stereocenters. The molecule has 0 radical (unpaired) electrons. The molecule has 1 aliphatic rings. The first-order valence-corrected chi connectivity index (χ1v) is 25.0. The van der Waals surface area contributed by atoms with Crippen molar-refractivity contribution in [3.63, 3.8) is 0 Å². The molecule has 0 aromatic heterocycles. The maximum absolute atomic E-state index is 13.6. The number of hydrogen-bond acceptors (Lipinski definition) is 16. The van der Waals surface area contributed by atoms with Crippen LogP contribution in [0.25, 0.3) is 0 Å². The molecule has 20 nitrogen and oxygen atoms in total. The highest BCUT2D eigenvalue weighted by molar-refractivity contribution is 7.87. The van der Waals surface area contributed by atoms with Crippen molar-refractivity contribution in [2.24, 2.45) is 0 Å². The number of hydrogen-bond donors (Lipinski definition) is 3. The number of ether oxygens (including phenoxy) is 10. The largest absolute Gasteiger partial charge is 0.420 e. The number of amides is 3. The van der Waals surface area contributed by atoms with Gasteiger partial charge >= 0.3 is 5.97 Å². The van der Waals surface area contributed by atoms with Crippen molar-refractivity contribution in [1.82, 2.24) is 10.6 Å². The van der Waals surface area contributed by atoms with Crippen molar-refractivity contribution in [1.29, 1.82) is 0 Å². The van der Waals surface area contributed by atoms with Gasteiger partial charge in [0.25, 0.3) is 10.1 Å². The van der Waals surface area contributed by atoms with Crippen LogP contribution in [-0.2, 0) is 78.5 Å². The van der Waals surface area contributed by atoms with Gasteiger partial charge < -0.3 is 62.9 Å². The van der Waals surface area contributed by atoms with Gasteiger partial charge in [0, 0.05) is 43.1 Å². The first kappa shape index (κ1) is 60.9. The minimum atomic E-state index is -4.92. The van der Waals surface area contributed by atoms with Crippen LogP contribution in [0.15, 0.2) is 54.6 Å². The zero-order valence-corrected chi connectivity index (χ0v) is 41.4. The molecule has 0 saturated carbocycles. The van der Waals surface area contributed by atoms with E-state index in [2.05, 4.69) is 27.2 Å². The van der Waals surface area contributed by atoms with Crippen LogP contribution in [0.1, 0.15) is 36.0 Å². The number of para-hydroxylation sites is 1. The molecule has 3 amide bonds. The molecule has 3 aromatic carbocycles. The van der Waals surface area contributed by atoms with Crippen molar-refractivity contribution in [2.45, 2.75) is 31.1 Å². The molecule has 0 bridgehead atoms. The molecule has 0 saturated heterocycles. The molecule has 1 aliphatic heterocycles. The zero-order chi connectivity index (χ0) is 53.4. The summed E-state index contributed by atoms with van der Waals surface area (Å²) in [4.78, 5) is 51.9. The number of halogens is 4. The highest BCUT2D eigenvalue weighted by atomic mass is 32.2. The van der Waals surface area contributed by atoms with E-state index in [0.717, 1.165) is 11.1 Å². The summed E-state index contributed by atoms with van der Waals surface area (Å²) in [5.41, 5.74) is 2.86. The van der Waals surface area contributed by atoms with Crippen molar-refractivity contribution in [3.8, 4) is 17.6 Å². The third kappa shape index (κ3) is 23.3. The van der Waals surface area contributed by atoms with E-state index in [-0.39, 0.29) is 84.2 Å². The molecular formula is C49H61F4N3O17S. The Morgan fingerprint density at radius 3 is 1.51 bits per heavy atom. The van der Waals surface area contributed by atoms with E-state index in [0.29, 0.717) is 83.9 Å². The van der Waals surface area contributed by atoms with Crippen molar-refractivity contribution in [3.05, 3.63) is 94.6 Å². The number of carbonyl (C=O) groups excluding carboxylic acids is 4. The maximum Gasteiger partial charge on any atom is 0.313 e. The monoisotopic (exact) mass is 1070 g/mol. The number of nitrogens with zero attached hydrogens (tertiary/aromatic N) is 1. The Labute approximate surface area is 426 Å². The predicted molar refractivity (Wildman–Crippen MR) is 255 cm³/mol. The summed E-state index contributed by atoms with van der Waals surface area (Å²) < 4.78 is 140. The van der Waals surface area contributed by atoms with E-state index in [1.807, 2.05) is 30.3 Å². The van der Waals surface area contributed by atoms with Crippen molar-refractivity contribution < 1.29 is 97.1 Å². The van der Waals surface area contributed by atoms with Crippen LogP contribution in [0.4, 0.5) is 23.2 Å². The number of esters is 1. The minimum absolute atomic E-state index is 0.00468. The third-order valence-electron chi connectivity index (χ3n) is 10.1. The molecule has 0 fully saturated rings. The first-order valence-electron chi connectivity index (χ1n) is 23.5. The lowest BCUT2D eigenvalue weighted by Gasteiger charge is -2.26. The number of benzene rings is 3. The Morgan fingerprint density at radius 2 is 1.01 bits per heavy atom. The fourth-order valence-corrected chi connectivity index (χ4v) is 7.01. The van der Waals surface area contributed by atoms with Gasteiger partial charge in [-0.1, -0.05) is 42.2 Å². The summed E-state index contributed by atoms with van der Waals surface area (Å²) in [6.45, 7) is 3.75. The van der Waals surface area contributed by atoms with Crippen LogP contribution < -0.4 is 20.3 Å². The van der Waals surface area contributed by atoms with E-state index >= 15 is 0 Å². The standard InChI is InChI=1S/C49H61F4N3O17S/c50-39-33-40(51)47(53)48(46(39)52)73-45(59)13-16-65-18-20-67-22-24-69-26-28-71-30-32-72-31-29-70-27-25-68-23-21-66-19-17-64-15-12-43(57)55-34-42(74(61,62)63)49(60)54-14-11-44(58)56-35-38-7-2-1-5-36(38)9-10-37-6-3-4-8-41(37)56/h1-8,33,42H,11-32,34-35H2,(H,54,60)(H,55,57)(H,61,62,63). The summed E-state index contributed by atoms with van der Waals surface area (Å²) in [5, 5.41) is 2.70. The second kappa shape index (κ2) is 34.8. The number of carbonyl (C=O) groups is 4. The second-order valence-electron chi connectivity index (χ2n) is 15.5. The van der Waals surface area contributed by atoms with Gasteiger partial charge in [-0.05, 0) is 23.8 Å². The number of fused-ring (bicyclic) bond motifs is 2. The number of rotatable bonds is 38. The van der Waals surface area contributed by atoms with Gasteiger partial charge in [-0.25, -0.2) is 8.78 Å². The van der Waals surface area contributed by atoms with E-state index in [4.69, 9.17) is 42.6 Å². The molecule has 74 heavy (non-hydrogen) atoms. The lowest BCUT2D eigenvalue weighted by atomic mass is 10.0. The van der Waals surface area contributed by atoms with Gasteiger partial charge in [-0.15, -0.1) is 0 Å². The third-order valence-corrected chi connectivity index (χ3v) is 11.2. The number of anilines is 1. The summed E-state index contributed by atoms with van der Waals surface area (Å²) in [5.74, 6) is -5.40. The minimum Gasteiger partial charge on any atom is -0.420 e. The Bertz CT molecular complexity index is 2380. The molecule has 3 N–H and O–H groups in total. The van der Waals surface area contributed by atoms with Crippen molar-refractivity contribution >= 4 is 39.5 Å². The van der Waals surface area contributed by atoms with E-state index in [9.17, 15) is 49.7 Å². The first-order chi connectivity index (χ1) is 35.8. The van der Waals surface area contributed by atoms with Gasteiger partial charge in [0.15, 0.2) is 16.9 Å². The molecule has 3 aromatic rings. The lowest BCUT2D eigenvalue weighted by molar-refractivity contribution is -0.136. The Balaban J connectivity index is 0.876. The maximum atomic E-state index is 13.6. The molecule has 4 rings (SSSR count). The van der Waals surface area contributed by atoms with Gasteiger partial charge in [0.05, 0.1) is 138 Å². The topological polar surface area (TPSA) is 242 Å². The quantitative estimate of drug-likeness (QED) is 0.0142. The van der Waals surface area contributed by atoms with Crippen LogP contribution in [0.3, 0.4) is 0 Å². The Kier molecular flexibility index (Phi) is 28.6. The van der Waals surface area contributed by atoms with Gasteiger partial charge in [-0.2, -0.15) is 17.2 Å². The van der Waals surface area contributed by atoms with Crippen LogP contribution in [0.2, 0.25) is 0 Å². The summed E-state index contributed by atoms with van der Waals surface area (Å²) in [7, 11) is -4.92.